The zero-order valence-corrected chi connectivity index (χ0v) is 13.4. The number of rotatable bonds is 7. The van der Waals surface area contributed by atoms with Gasteiger partial charge in [0, 0.05) is 24.6 Å². The summed E-state index contributed by atoms with van der Waals surface area (Å²) in [4.78, 5) is 12.0. The van der Waals surface area contributed by atoms with E-state index in [0.717, 1.165) is 36.8 Å². The molecule has 1 aliphatic heterocycles. The van der Waals surface area contributed by atoms with Crippen LogP contribution in [0.1, 0.15) is 43.2 Å². The molecule has 120 valence electrons. The van der Waals surface area contributed by atoms with Gasteiger partial charge in [-0.05, 0) is 56.7 Å². The number of carbonyl (C=O) groups is 1. The van der Waals surface area contributed by atoms with Gasteiger partial charge in [-0.3, -0.25) is 4.79 Å². The monoisotopic (exact) mass is 302 g/mol. The molecular weight excluding hydrogens is 276 g/mol. The minimum Gasteiger partial charge on any atom is -0.493 e. The van der Waals surface area contributed by atoms with Crippen molar-refractivity contribution in [3.63, 3.8) is 0 Å². The van der Waals surface area contributed by atoms with Crippen molar-refractivity contribution in [2.75, 3.05) is 13.2 Å². The number of carbonyl (C=O) groups excluding carboxylic acids is 1. The molecule has 22 heavy (non-hydrogen) atoms. The first-order chi connectivity index (χ1) is 10.7. The molecule has 3 rings (SSSR count). The van der Waals surface area contributed by atoms with Gasteiger partial charge in [0.25, 0.3) is 0 Å². The van der Waals surface area contributed by atoms with Crippen molar-refractivity contribution < 1.29 is 9.53 Å². The lowest BCUT2D eigenvalue weighted by atomic mass is 10.1. The van der Waals surface area contributed by atoms with Gasteiger partial charge < -0.3 is 15.4 Å². The third-order valence-electron chi connectivity index (χ3n) is 4.46. The second-order valence-corrected chi connectivity index (χ2v) is 6.64. The van der Waals surface area contributed by atoms with E-state index in [1.54, 1.807) is 0 Å². The first-order valence-electron chi connectivity index (χ1n) is 8.43. The van der Waals surface area contributed by atoms with Crippen LogP contribution in [0.4, 0.5) is 0 Å². The highest BCUT2D eigenvalue weighted by Crippen LogP contribution is 2.30. The third-order valence-corrected chi connectivity index (χ3v) is 4.46. The molecule has 1 heterocycles. The number of hydrogen-bond acceptors (Lipinski definition) is 3. The second kappa shape index (κ2) is 7.14. The van der Waals surface area contributed by atoms with E-state index in [1.165, 1.54) is 24.8 Å². The molecule has 1 saturated heterocycles. The average molecular weight is 302 g/mol. The number of ether oxygens (including phenoxy) is 1. The van der Waals surface area contributed by atoms with Crippen LogP contribution in [0.2, 0.25) is 0 Å². The van der Waals surface area contributed by atoms with Crippen molar-refractivity contribution in [3.05, 3.63) is 29.3 Å². The molecular formula is C18H26N2O2. The van der Waals surface area contributed by atoms with Crippen LogP contribution >= 0.6 is 0 Å². The lowest BCUT2D eigenvalue weighted by Crippen LogP contribution is -2.31. The normalized spacial score (nSPS) is 20.9. The summed E-state index contributed by atoms with van der Waals surface area (Å²) in [5.74, 6) is 1.77. The standard InChI is InChI=1S/C18H26N2O2/c1-13-4-7-15(17(9-13)22-12-14-5-6-14)11-20-18(21)10-16-3-2-8-19-16/h4,7,9,14,16,19H,2-3,5-6,8,10-12H2,1H3,(H,20,21). The lowest BCUT2D eigenvalue weighted by Gasteiger charge is -2.14. The molecule has 2 N–H and O–H groups in total. The van der Waals surface area contributed by atoms with Crippen LogP contribution in [0.15, 0.2) is 18.2 Å². The molecule has 4 nitrogen and oxygen atoms in total. The lowest BCUT2D eigenvalue weighted by molar-refractivity contribution is -0.121. The highest BCUT2D eigenvalue weighted by atomic mass is 16.5. The Labute approximate surface area is 132 Å². The van der Waals surface area contributed by atoms with Gasteiger partial charge >= 0.3 is 0 Å². The van der Waals surface area contributed by atoms with E-state index in [4.69, 9.17) is 4.74 Å². The van der Waals surface area contributed by atoms with Crippen LogP contribution in [-0.4, -0.2) is 25.1 Å². The van der Waals surface area contributed by atoms with E-state index in [-0.39, 0.29) is 5.91 Å². The topological polar surface area (TPSA) is 50.4 Å². The molecule has 1 amide bonds. The van der Waals surface area contributed by atoms with Crippen molar-refractivity contribution in [3.8, 4) is 5.75 Å². The summed E-state index contributed by atoms with van der Waals surface area (Å²) in [5, 5.41) is 6.39. The molecule has 0 radical (unpaired) electrons. The number of hydrogen-bond donors (Lipinski definition) is 2. The minimum atomic E-state index is 0.119. The van der Waals surface area contributed by atoms with Gasteiger partial charge in [-0.1, -0.05) is 12.1 Å². The highest BCUT2D eigenvalue weighted by Gasteiger charge is 2.22. The summed E-state index contributed by atoms with van der Waals surface area (Å²) >= 11 is 0. The SMILES string of the molecule is Cc1ccc(CNC(=O)CC2CCCN2)c(OCC2CC2)c1. The van der Waals surface area contributed by atoms with E-state index in [1.807, 2.05) is 0 Å². The summed E-state index contributed by atoms with van der Waals surface area (Å²) in [7, 11) is 0. The summed E-state index contributed by atoms with van der Waals surface area (Å²) in [6, 6.07) is 6.56. The van der Waals surface area contributed by atoms with E-state index in [2.05, 4.69) is 35.8 Å². The largest absolute Gasteiger partial charge is 0.493 e. The van der Waals surface area contributed by atoms with Crippen molar-refractivity contribution in [2.24, 2.45) is 5.92 Å². The Kier molecular flexibility index (Phi) is 4.98. The van der Waals surface area contributed by atoms with E-state index >= 15 is 0 Å². The van der Waals surface area contributed by atoms with Crippen LogP contribution in [0.3, 0.4) is 0 Å². The zero-order chi connectivity index (χ0) is 15.4. The Balaban J connectivity index is 1.52. The molecule has 1 atom stereocenters. The van der Waals surface area contributed by atoms with Crippen molar-refractivity contribution >= 4 is 5.91 Å². The first kappa shape index (κ1) is 15.3. The van der Waals surface area contributed by atoms with Crippen LogP contribution in [0.25, 0.3) is 0 Å². The number of benzene rings is 1. The van der Waals surface area contributed by atoms with Crippen LogP contribution in [0, 0.1) is 12.8 Å². The van der Waals surface area contributed by atoms with Gasteiger partial charge in [0.1, 0.15) is 5.75 Å². The maximum absolute atomic E-state index is 12.0. The first-order valence-corrected chi connectivity index (χ1v) is 8.43. The Morgan fingerprint density at radius 3 is 2.95 bits per heavy atom. The Morgan fingerprint density at radius 2 is 2.23 bits per heavy atom. The van der Waals surface area contributed by atoms with Crippen LogP contribution in [-0.2, 0) is 11.3 Å². The number of aryl methyl sites for hydroxylation is 1. The second-order valence-electron chi connectivity index (χ2n) is 6.64. The predicted molar refractivity (Wildman–Crippen MR) is 86.9 cm³/mol. The maximum atomic E-state index is 12.0. The summed E-state index contributed by atoms with van der Waals surface area (Å²) in [6.45, 7) is 4.45. The van der Waals surface area contributed by atoms with E-state index in [9.17, 15) is 4.79 Å². The predicted octanol–water partition coefficient (Wildman–Crippen LogP) is 2.54. The Bertz CT molecular complexity index is 520. The Hall–Kier alpha value is -1.55. The molecule has 0 aromatic heterocycles. The summed E-state index contributed by atoms with van der Waals surface area (Å²) < 4.78 is 5.94. The Morgan fingerprint density at radius 1 is 1.36 bits per heavy atom. The van der Waals surface area contributed by atoms with Crippen molar-refractivity contribution in [2.45, 2.75) is 51.6 Å². The number of nitrogens with one attached hydrogen (secondary N) is 2. The zero-order valence-electron chi connectivity index (χ0n) is 13.4. The fraction of sp³-hybridized carbons (Fsp3) is 0.611. The maximum Gasteiger partial charge on any atom is 0.221 e. The van der Waals surface area contributed by atoms with Gasteiger partial charge in [-0.2, -0.15) is 0 Å². The van der Waals surface area contributed by atoms with Crippen LogP contribution in [0.5, 0.6) is 5.75 Å². The molecule has 1 aromatic rings. The fourth-order valence-corrected chi connectivity index (χ4v) is 2.86. The minimum absolute atomic E-state index is 0.119. The molecule has 1 aliphatic carbocycles. The quantitative estimate of drug-likeness (QED) is 0.814. The van der Waals surface area contributed by atoms with Crippen molar-refractivity contribution in [1.29, 1.82) is 0 Å². The molecule has 2 fully saturated rings. The molecule has 1 saturated carbocycles. The van der Waals surface area contributed by atoms with Gasteiger partial charge in [-0.25, -0.2) is 0 Å². The van der Waals surface area contributed by atoms with Gasteiger partial charge in [0.05, 0.1) is 6.61 Å². The van der Waals surface area contributed by atoms with Gasteiger partial charge in [-0.15, -0.1) is 0 Å². The van der Waals surface area contributed by atoms with E-state index in [0.29, 0.717) is 19.0 Å². The molecule has 4 heteroatoms. The smallest absolute Gasteiger partial charge is 0.221 e. The summed E-state index contributed by atoms with van der Waals surface area (Å²) in [5.41, 5.74) is 2.26. The highest BCUT2D eigenvalue weighted by molar-refractivity contribution is 5.76. The third kappa shape index (κ3) is 4.47. The molecule has 0 spiro atoms. The van der Waals surface area contributed by atoms with Crippen LogP contribution < -0.4 is 15.4 Å². The fourth-order valence-electron chi connectivity index (χ4n) is 2.86. The van der Waals surface area contributed by atoms with Gasteiger partial charge in [0.15, 0.2) is 0 Å². The molecule has 1 unspecified atom stereocenters. The van der Waals surface area contributed by atoms with E-state index < -0.39 is 0 Å². The molecule has 1 aromatic carbocycles. The molecule has 2 aliphatic rings. The average Bonchev–Trinajstić information content (AvgIpc) is 3.20. The molecule has 0 bridgehead atoms. The summed E-state index contributed by atoms with van der Waals surface area (Å²) in [6.07, 6.45) is 5.42. The van der Waals surface area contributed by atoms with Gasteiger partial charge in [0.2, 0.25) is 5.91 Å². The van der Waals surface area contributed by atoms with Crippen molar-refractivity contribution in [1.82, 2.24) is 10.6 Å². The number of amides is 1.